The molecule has 0 radical (unpaired) electrons. The van der Waals surface area contributed by atoms with Gasteiger partial charge in [0.05, 0.1) is 11.7 Å². The lowest BCUT2D eigenvalue weighted by molar-refractivity contribution is 0.414. The summed E-state index contributed by atoms with van der Waals surface area (Å²) in [4.78, 5) is 9.04. The van der Waals surface area contributed by atoms with E-state index in [1.807, 2.05) is 12.4 Å². The van der Waals surface area contributed by atoms with Crippen LogP contribution < -0.4 is 5.73 Å². The van der Waals surface area contributed by atoms with Crippen LogP contribution in [0.25, 0.3) is 11.0 Å². The molecule has 2 aromatic heterocycles. The van der Waals surface area contributed by atoms with E-state index in [0.29, 0.717) is 6.04 Å². The van der Waals surface area contributed by atoms with E-state index in [1.54, 1.807) is 0 Å². The lowest BCUT2D eigenvalue weighted by Gasteiger charge is -2.15. The van der Waals surface area contributed by atoms with Gasteiger partial charge in [-0.15, -0.1) is 0 Å². The zero-order valence-electron chi connectivity index (χ0n) is 13.0. The number of fused-ring (bicyclic) bond motifs is 1. The molecule has 21 heavy (non-hydrogen) atoms. The highest BCUT2D eigenvalue weighted by molar-refractivity contribution is 5.75. The highest BCUT2D eigenvalue weighted by atomic mass is 15.1. The summed E-state index contributed by atoms with van der Waals surface area (Å²) in [5, 5.41) is 0. The van der Waals surface area contributed by atoms with Gasteiger partial charge in [-0.25, -0.2) is 4.98 Å². The minimum atomic E-state index is 0.673. The Bertz CT molecular complexity index is 579. The number of imidazole rings is 1. The fraction of sp³-hybridized carbons (Fsp3) is 0.647. The molecular weight excluding hydrogens is 260 g/mol. The van der Waals surface area contributed by atoms with Crippen LogP contribution in [0, 0.1) is 5.92 Å². The number of rotatable bonds is 8. The SMILES string of the molecule is CCCC(CCN)CCc1nc2cnccc2n1C1CC1. The molecule has 4 nitrogen and oxygen atoms in total. The van der Waals surface area contributed by atoms with Gasteiger partial charge in [-0.05, 0) is 44.2 Å². The highest BCUT2D eigenvalue weighted by Crippen LogP contribution is 2.39. The quantitative estimate of drug-likeness (QED) is 0.808. The number of nitrogens with zero attached hydrogens (tertiary/aromatic N) is 3. The van der Waals surface area contributed by atoms with Gasteiger partial charge < -0.3 is 10.3 Å². The molecule has 2 heterocycles. The zero-order valence-corrected chi connectivity index (χ0v) is 13.0. The predicted octanol–water partition coefficient (Wildman–Crippen LogP) is 3.46. The monoisotopic (exact) mass is 286 g/mol. The van der Waals surface area contributed by atoms with Gasteiger partial charge in [0.2, 0.25) is 0 Å². The average molecular weight is 286 g/mol. The fourth-order valence-corrected chi connectivity index (χ4v) is 3.33. The maximum atomic E-state index is 5.75. The van der Waals surface area contributed by atoms with Crippen molar-refractivity contribution in [3.63, 3.8) is 0 Å². The number of aryl methyl sites for hydroxylation is 1. The molecular formula is C17H26N4. The van der Waals surface area contributed by atoms with E-state index in [0.717, 1.165) is 30.8 Å². The minimum Gasteiger partial charge on any atom is -0.330 e. The molecule has 0 spiro atoms. The normalized spacial score (nSPS) is 16.5. The summed E-state index contributed by atoms with van der Waals surface area (Å²) in [6.07, 6.45) is 12.3. The van der Waals surface area contributed by atoms with Gasteiger partial charge in [0, 0.05) is 18.7 Å². The second kappa shape index (κ2) is 6.56. The summed E-state index contributed by atoms with van der Waals surface area (Å²) in [5.41, 5.74) is 8.05. The smallest absolute Gasteiger partial charge is 0.110 e. The van der Waals surface area contributed by atoms with Crippen molar-refractivity contribution >= 4 is 11.0 Å². The van der Waals surface area contributed by atoms with Crippen molar-refractivity contribution in [2.45, 2.75) is 57.9 Å². The van der Waals surface area contributed by atoms with Crippen LogP contribution in [0.3, 0.4) is 0 Å². The minimum absolute atomic E-state index is 0.673. The lowest BCUT2D eigenvalue weighted by atomic mass is 9.94. The van der Waals surface area contributed by atoms with Crippen LogP contribution in [-0.4, -0.2) is 21.1 Å². The molecule has 3 rings (SSSR count). The predicted molar refractivity (Wildman–Crippen MR) is 86.2 cm³/mol. The van der Waals surface area contributed by atoms with Gasteiger partial charge in [0.25, 0.3) is 0 Å². The van der Waals surface area contributed by atoms with Crippen LogP contribution in [0.4, 0.5) is 0 Å². The van der Waals surface area contributed by atoms with Crippen molar-refractivity contribution in [3.8, 4) is 0 Å². The summed E-state index contributed by atoms with van der Waals surface area (Å²) in [7, 11) is 0. The number of hydrogen-bond acceptors (Lipinski definition) is 3. The van der Waals surface area contributed by atoms with E-state index in [9.17, 15) is 0 Å². The first kappa shape index (κ1) is 14.5. The van der Waals surface area contributed by atoms with Gasteiger partial charge in [-0.2, -0.15) is 0 Å². The van der Waals surface area contributed by atoms with Crippen molar-refractivity contribution in [1.82, 2.24) is 14.5 Å². The molecule has 2 N–H and O–H groups in total. The molecule has 0 amide bonds. The van der Waals surface area contributed by atoms with E-state index in [-0.39, 0.29) is 0 Å². The molecule has 114 valence electrons. The topological polar surface area (TPSA) is 56.7 Å². The van der Waals surface area contributed by atoms with Crippen molar-refractivity contribution in [2.24, 2.45) is 11.7 Å². The maximum Gasteiger partial charge on any atom is 0.110 e. The summed E-state index contributed by atoms with van der Waals surface area (Å²) >= 11 is 0. The van der Waals surface area contributed by atoms with Gasteiger partial charge in [0.1, 0.15) is 11.3 Å². The molecule has 1 saturated carbocycles. The van der Waals surface area contributed by atoms with Gasteiger partial charge >= 0.3 is 0 Å². The Hall–Kier alpha value is -1.42. The summed E-state index contributed by atoms with van der Waals surface area (Å²) < 4.78 is 2.46. The molecule has 2 aromatic rings. The molecule has 0 aromatic carbocycles. The van der Waals surface area contributed by atoms with E-state index < -0.39 is 0 Å². The van der Waals surface area contributed by atoms with Crippen molar-refractivity contribution < 1.29 is 0 Å². The average Bonchev–Trinajstić information content (AvgIpc) is 3.26. The number of hydrogen-bond donors (Lipinski definition) is 1. The first-order valence-corrected chi connectivity index (χ1v) is 8.34. The van der Waals surface area contributed by atoms with Crippen LogP contribution in [0.15, 0.2) is 18.5 Å². The van der Waals surface area contributed by atoms with Crippen LogP contribution in [0.5, 0.6) is 0 Å². The first-order valence-electron chi connectivity index (χ1n) is 8.34. The third kappa shape index (κ3) is 3.26. The lowest BCUT2D eigenvalue weighted by Crippen LogP contribution is -2.11. The summed E-state index contributed by atoms with van der Waals surface area (Å²) in [6.45, 7) is 3.06. The van der Waals surface area contributed by atoms with Crippen LogP contribution in [0.1, 0.15) is 57.3 Å². The van der Waals surface area contributed by atoms with Crippen LogP contribution >= 0.6 is 0 Å². The van der Waals surface area contributed by atoms with Crippen molar-refractivity contribution in [3.05, 3.63) is 24.3 Å². The van der Waals surface area contributed by atoms with E-state index >= 15 is 0 Å². The van der Waals surface area contributed by atoms with Crippen molar-refractivity contribution in [2.75, 3.05) is 6.54 Å². The Balaban J connectivity index is 1.78. The molecule has 4 heteroatoms. The number of aromatic nitrogens is 3. The molecule has 1 aliphatic rings. The van der Waals surface area contributed by atoms with Gasteiger partial charge in [0.15, 0.2) is 0 Å². The van der Waals surface area contributed by atoms with Crippen LogP contribution in [0.2, 0.25) is 0 Å². The molecule has 1 aliphatic carbocycles. The van der Waals surface area contributed by atoms with Gasteiger partial charge in [-0.3, -0.25) is 4.98 Å². The van der Waals surface area contributed by atoms with Crippen molar-refractivity contribution in [1.29, 1.82) is 0 Å². The first-order chi connectivity index (χ1) is 10.3. The molecule has 1 atom stereocenters. The third-order valence-electron chi connectivity index (χ3n) is 4.52. The Morgan fingerprint density at radius 2 is 2.19 bits per heavy atom. The van der Waals surface area contributed by atoms with Crippen LogP contribution in [-0.2, 0) is 6.42 Å². The second-order valence-corrected chi connectivity index (χ2v) is 6.26. The van der Waals surface area contributed by atoms with E-state index in [1.165, 1.54) is 43.4 Å². The second-order valence-electron chi connectivity index (χ2n) is 6.26. The molecule has 0 saturated heterocycles. The Kier molecular flexibility index (Phi) is 4.54. The standard InChI is InChI=1S/C17H26N4/c1-2-3-13(8-10-18)4-7-17-20-15-12-19-11-9-16(15)21(17)14-5-6-14/h9,11-14H,2-8,10,18H2,1H3. The Labute approximate surface area is 126 Å². The third-order valence-corrected chi connectivity index (χ3v) is 4.52. The van der Waals surface area contributed by atoms with E-state index in [4.69, 9.17) is 10.7 Å². The Morgan fingerprint density at radius 3 is 2.90 bits per heavy atom. The highest BCUT2D eigenvalue weighted by Gasteiger charge is 2.28. The largest absolute Gasteiger partial charge is 0.330 e. The number of pyridine rings is 1. The zero-order chi connectivity index (χ0) is 14.7. The summed E-state index contributed by atoms with van der Waals surface area (Å²) in [5.74, 6) is 1.99. The molecule has 1 fully saturated rings. The van der Waals surface area contributed by atoms with Gasteiger partial charge in [-0.1, -0.05) is 19.8 Å². The molecule has 0 bridgehead atoms. The fourth-order valence-electron chi connectivity index (χ4n) is 3.33. The Morgan fingerprint density at radius 1 is 1.33 bits per heavy atom. The molecule has 1 unspecified atom stereocenters. The maximum absolute atomic E-state index is 5.75. The van der Waals surface area contributed by atoms with E-state index in [2.05, 4.69) is 22.5 Å². The number of nitrogens with two attached hydrogens (primary N) is 1. The molecule has 0 aliphatic heterocycles. The summed E-state index contributed by atoms with van der Waals surface area (Å²) in [6, 6.07) is 2.78.